The monoisotopic (exact) mass is 384 g/mol. The second-order valence-electron chi connectivity index (χ2n) is 6.15. The van der Waals surface area contributed by atoms with Gasteiger partial charge in [0.15, 0.2) is 11.5 Å². The molecule has 0 fully saturated rings. The predicted molar refractivity (Wildman–Crippen MR) is 108 cm³/mol. The van der Waals surface area contributed by atoms with E-state index in [9.17, 15) is 4.79 Å². The van der Waals surface area contributed by atoms with Crippen LogP contribution in [0.4, 0.5) is 5.69 Å². The van der Waals surface area contributed by atoms with Crippen molar-refractivity contribution >= 4 is 22.5 Å². The lowest BCUT2D eigenvalue weighted by Crippen LogP contribution is -2.14. The summed E-state index contributed by atoms with van der Waals surface area (Å²) >= 11 is 0. The van der Waals surface area contributed by atoms with Crippen LogP contribution in [0.2, 0.25) is 0 Å². The second-order valence-corrected chi connectivity index (χ2v) is 6.15. The van der Waals surface area contributed by atoms with Crippen LogP contribution in [0.25, 0.3) is 10.9 Å². The highest BCUT2D eigenvalue weighted by atomic mass is 16.5. The molecule has 1 heterocycles. The van der Waals surface area contributed by atoms with E-state index in [2.05, 4.69) is 5.32 Å². The number of carbonyl (C=O) groups is 1. The average molecular weight is 384 g/mol. The molecule has 0 atom stereocenters. The molecule has 0 aliphatic rings. The lowest BCUT2D eigenvalue weighted by Gasteiger charge is -2.14. The number of aryl methyl sites for hydroxylation is 1. The molecule has 0 saturated carbocycles. The number of amides is 1. The lowest BCUT2D eigenvalue weighted by atomic mass is 10.2. The fraction of sp³-hybridized carbons (Fsp3) is 0.286. The average Bonchev–Trinajstić information content (AvgIpc) is 3.13. The van der Waals surface area contributed by atoms with Crippen LogP contribution in [0, 0.1) is 0 Å². The minimum Gasteiger partial charge on any atom is -0.497 e. The summed E-state index contributed by atoms with van der Waals surface area (Å²) in [5.41, 5.74) is 1.64. The largest absolute Gasteiger partial charge is 0.497 e. The number of nitrogens with zero attached hydrogens (tertiary/aromatic N) is 1. The Morgan fingerprint density at radius 2 is 1.64 bits per heavy atom. The van der Waals surface area contributed by atoms with Crippen LogP contribution in [-0.2, 0) is 11.3 Å². The molecule has 3 aromatic rings. The highest BCUT2D eigenvalue weighted by Crippen LogP contribution is 2.39. The number of fused-ring (bicyclic) bond motifs is 1. The molecular weight excluding hydrogens is 360 g/mol. The van der Waals surface area contributed by atoms with E-state index in [4.69, 9.17) is 18.9 Å². The number of ether oxygens (including phenoxy) is 4. The standard InChI is InChI=1S/C21H24N2O5/c1-25-16-5-6-17-14(11-16)7-9-23(17)10-8-20(24)22-15-12-18(26-2)21(28-4)19(13-15)27-3/h5-7,9,11-13H,8,10H2,1-4H3,(H,22,24). The molecule has 0 bridgehead atoms. The van der Waals surface area contributed by atoms with Crippen LogP contribution in [0.15, 0.2) is 42.6 Å². The van der Waals surface area contributed by atoms with Crippen molar-refractivity contribution in [2.45, 2.75) is 13.0 Å². The Morgan fingerprint density at radius 1 is 0.929 bits per heavy atom. The highest BCUT2D eigenvalue weighted by Gasteiger charge is 2.14. The Bertz CT molecular complexity index is 955. The molecule has 0 spiro atoms. The Labute approximate surface area is 163 Å². The zero-order valence-corrected chi connectivity index (χ0v) is 16.4. The molecule has 0 unspecified atom stereocenters. The third-order valence-electron chi connectivity index (χ3n) is 4.51. The molecule has 28 heavy (non-hydrogen) atoms. The molecule has 1 amide bonds. The summed E-state index contributed by atoms with van der Waals surface area (Å²) in [6.07, 6.45) is 2.29. The molecule has 1 aromatic heterocycles. The molecule has 3 rings (SSSR count). The minimum absolute atomic E-state index is 0.107. The van der Waals surface area contributed by atoms with Crippen molar-refractivity contribution in [1.82, 2.24) is 4.57 Å². The molecule has 148 valence electrons. The molecule has 1 N–H and O–H groups in total. The Morgan fingerprint density at radius 3 is 2.25 bits per heavy atom. The van der Waals surface area contributed by atoms with E-state index < -0.39 is 0 Å². The number of hydrogen-bond acceptors (Lipinski definition) is 5. The summed E-state index contributed by atoms with van der Waals surface area (Å²) < 4.78 is 23.2. The van der Waals surface area contributed by atoms with Gasteiger partial charge in [0, 0.05) is 47.9 Å². The molecule has 0 aliphatic carbocycles. The first-order chi connectivity index (χ1) is 13.6. The smallest absolute Gasteiger partial charge is 0.226 e. The number of methoxy groups -OCH3 is 4. The van der Waals surface area contributed by atoms with Crippen molar-refractivity contribution in [3.63, 3.8) is 0 Å². The van der Waals surface area contributed by atoms with Crippen molar-refractivity contribution in [3.8, 4) is 23.0 Å². The van der Waals surface area contributed by atoms with Crippen LogP contribution >= 0.6 is 0 Å². The summed E-state index contributed by atoms with van der Waals surface area (Å²) in [6, 6.07) is 11.3. The van der Waals surface area contributed by atoms with Gasteiger partial charge in [-0.2, -0.15) is 0 Å². The van der Waals surface area contributed by atoms with Gasteiger partial charge >= 0.3 is 0 Å². The van der Waals surface area contributed by atoms with E-state index in [1.54, 1.807) is 19.2 Å². The van der Waals surface area contributed by atoms with E-state index in [0.717, 1.165) is 16.7 Å². The highest BCUT2D eigenvalue weighted by molar-refractivity contribution is 5.91. The molecule has 7 nitrogen and oxygen atoms in total. The number of nitrogens with one attached hydrogen (secondary N) is 1. The predicted octanol–water partition coefficient (Wildman–Crippen LogP) is 3.70. The lowest BCUT2D eigenvalue weighted by molar-refractivity contribution is -0.116. The van der Waals surface area contributed by atoms with Crippen molar-refractivity contribution < 1.29 is 23.7 Å². The SMILES string of the molecule is COc1ccc2c(ccn2CCC(=O)Nc2cc(OC)c(OC)c(OC)c2)c1. The van der Waals surface area contributed by atoms with Gasteiger partial charge < -0.3 is 28.8 Å². The Hall–Kier alpha value is -3.35. The maximum atomic E-state index is 12.4. The zero-order valence-electron chi connectivity index (χ0n) is 16.4. The molecule has 0 aliphatic heterocycles. The van der Waals surface area contributed by atoms with Crippen LogP contribution in [0.3, 0.4) is 0 Å². The van der Waals surface area contributed by atoms with Gasteiger partial charge in [0.2, 0.25) is 11.7 Å². The van der Waals surface area contributed by atoms with E-state index in [-0.39, 0.29) is 5.91 Å². The van der Waals surface area contributed by atoms with Crippen LogP contribution < -0.4 is 24.3 Å². The topological polar surface area (TPSA) is 71.0 Å². The third-order valence-corrected chi connectivity index (χ3v) is 4.51. The van der Waals surface area contributed by atoms with Crippen molar-refractivity contribution in [2.24, 2.45) is 0 Å². The maximum Gasteiger partial charge on any atom is 0.226 e. The van der Waals surface area contributed by atoms with Gasteiger partial charge in [0.05, 0.1) is 28.4 Å². The molecule has 7 heteroatoms. The first kappa shape index (κ1) is 19.4. The van der Waals surface area contributed by atoms with Crippen LogP contribution in [-0.4, -0.2) is 38.9 Å². The summed E-state index contributed by atoms with van der Waals surface area (Å²) in [7, 11) is 6.26. The van der Waals surface area contributed by atoms with Gasteiger partial charge in [-0.15, -0.1) is 0 Å². The molecule has 0 radical (unpaired) electrons. The second kappa shape index (κ2) is 8.56. The number of aromatic nitrogens is 1. The van der Waals surface area contributed by atoms with Gasteiger partial charge in [-0.25, -0.2) is 0 Å². The van der Waals surface area contributed by atoms with E-state index in [1.165, 1.54) is 21.3 Å². The normalized spacial score (nSPS) is 10.6. The number of benzene rings is 2. The summed E-state index contributed by atoms with van der Waals surface area (Å²) in [6.45, 7) is 0.562. The Balaban J connectivity index is 1.69. The number of rotatable bonds is 8. The van der Waals surface area contributed by atoms with E-state index in [0.29, 0.717) is 35.9 Å². The van der Waals surface area contributed by atoms with Crippen molar-refractivity contribution in [2.75, 3.05) is 33.8 Å². The summed E-state index contributed by atoms with van der Waals surface area (Å²) in [5.74, 6) is 2.16. The van der Waals surface area contributed by atoms with Gasteiger partial charge in [-0.05, 0) is 24.3 Å². The number of carbonyl (C=O) groups excluding carboxylic acids is 1. The zero-order chi connectivity index (χ0) is 20.1. The van der Waals surface area contributed by atoms with E-state index in [1.807, 2.05) is 35.0 Å². The minimum atomic E-state index is -0.107. The number of anilines is 1. The van der Waals surface area contributed by atoms with E-state index >= 15 is 0 Å². The molecule has 2 aromatic carbocycles. The quantitative estimate of drug-likeness (QED) is 0.641. The Kier molecular flexibility index (Phi) is 5.93. The van der Waals surface area contributed by atoms with Gasteiger partial charge in [0.1, 0.15) is 5.75 Å². The van der Waals surface area contributed by atoms with Crippen molar-refractivity contribution in [1.29, 1.82) is 0 Å². The van der Waals surface area contributed by atoms with Crippen LogP contribution in [0.5, 0.6) is 23.0 Å². The molecule has 0 saturated heterocycles. The van der Waals surface area contributed by atoms with Gasteiger partial charge in [-0.1, -0.05) is 0 Å². The summed E-state index contributed by atoms with van der Waals surface area (Å²) in [4.78, 5) is 12.4. The first-order valence-electron chi connectivity index (χ1n) is 8.82. The van der Waals surface area contributed by atoms with Gasteiger partial charge in [-0.3, -0.25) is 4.79 Å². The van der Waals surface area contributed by atoms with Crippen molar-refractivity contribution in [3.05, 3.63) is 42.6 Å². The third kappa shape index (κ3) is 3.98. The fourth-order valence-electron chi connectivity index (χ4n) is 3.10. The van der Waals surface area contributed by atoms with Crippen LogP contribution in [0.1, 0.15) is 6.42 Å². The first-order valence-corrected chi connectivity index (χ1v) is 8.82. The number of hydrogen-bond donors (Lipinski definition) is 1. The molecular formula is C21H24N2O5. The fourth-order valence-corrected chi connectivity index (χ4v) is 3.10. The summed E-state index contributed by atoms with van der Waals surface area (Å²) in [5, 5.41) is 3.96. The van der Waals surface area contributed by atoms with Gasteiger partial charge in [0.25, 0.3) is 0 Å². The maximum absolute atomic E-state index is 12.4.